The number of ketones is 1. The van der Waals surface area contributed by atoms with E-state index in [1.165, 1.54) is 40.5 Å². The molecule has 0 aliphatic rings. The minimum absolute atomic E-state index is 0.0365. The van der Waals surface area contributed by atoms with Crippen molar-refractivity contribution in [2.24, 2.45) is 0 Å². The van der Waals surface area contributed by atoms with E-state index < -0.39 is 5.97 Å². The Bertz CT molecular complexity index is 1900. The third kappa shape index (κ3) is 9.86. The van der Waals surface area contributed by atoms with Gasteiger partial charge < -0.3 is 5.11 Å². The summed E-state index contributed by atoms with van der Waals surface area (Å²) in [7, 11) is 0. The van der Waals surface area contributed by atoms with E-state index in [2.05, 4.69) is 45.2 Å². The molecule has 0 aliphatic heterocycles. The maximum atomic E-state index is 13.0. The predicted octanol–water partition coefficient (Wildman–Crippen LogP) is 11.6. The maximum absolute atomic E-state index is 13.0. The summed E-state index contributed by atoms with van der Waals surface area (Å²) >= 11 is 7.39. The number of aryl methyl sites for hydroxylation is 2. The normalized spacial score (nSPS) is 10.3. The molecular weight excluding hydrogens is 836 g/mol. The summed E-state index contributed by atoms with van der Waals surface area (Å²) in [6, 6.07) is 31.9. The van der Waals surface area contributed by atoms with Gasteiger partial charge in [-0.2, -0.15) is 0 Å². The van der Waals surface area contributed by atoms with Crippen LogP contribution in [0.1, 0.15) is 36.7 Å². The first kappa shape index (κ1) is 34.6. The molecule has 0 spiro atoms. The molecule has 0 fully saturated rings. The highest BCUT2D eigenvalue weighted by Crippen LogP contribution is 2.30. The summed E-state index contributed by atoms with van der Waals surface area (Å²) in [5, 5.41) is 10.7. The Balaban J connectivity index is 0.000000169. The number of carboxylic acids is 1. The molecule has 1 N–H and O–H groups in total. The number of benzene rings is 4. The van der Waals surface area contributed by atoms with Crippen molar-refractivity contribution in [1.29, 1.82) is 0 Å². The summed E-state index contributed by atoms with van der Waals surface area (Å²) in [6.45, 7) is 3.73. The van der Waals surface area contributed by atoms with Gasteiger partial charge in [0.1, 0.15) is 11.6 Å². The van der Waals surface area contributed by atoms with Gasteiger partial charge in [-0.3, -0.25) is 4.79 Å². The number of carboxylic acid groups (broad SMARTS) is 1. The number of aromatic carboxylic acids is 1. The molecule has 0 saturated heterocycles. The van der Waals surface area contributed by atoms with E-state index in [9.17, 15) is 18.4 Å². The van der Waals surface area contributed by atoms with E-state index >= 15 is 0 Å². The zero-order valence-corrected chi connectivity index (χ0v) is 30.0. The number of thiophene rings is 2. The largest absolute Gasteiger partial charge is 0.478 e. The van der Waals surface area contributed by atoms with Crippen LogP contribution in [0.2, 0.25) is 0 Å². The smallest absolute Gasteiger partial charge is 0.335 e. The number of rotatable bonds is 5. The molecule has 45 heavy (non-hydrogen) atoms. The minimum atomic E-state index is -0.860. The van der Waals surface area contributed by atoms with Crippen molar-refractivity contribution in [2.75, 3.05) is 0 Å². The Kier molecular flexibility index (Phi) is 12.6. The third-order valence-corrected chi connectivity index (χ3v) is 9.88. The zero-order valence-electron chi connectivity index (χ0n) is 24.1. The Morgan fingerprint density at radius 3 is 1.64 bits per heavy atom. The van der Waals surface area contributed by atoms with E-state index in [4.69, 9.17) is 5.11 Å². The maximum Gasteiger partial charge on any atom is 0.335 e. The van der Waals surface area contributed by atoms with Gasteiger partial charge in [-0.25, -0.2) is 13.6 Å². The molecule has 0 atom stereocenters. The van der Waals surface area contributed by atoms with Crippen molar-refractivity contribution in [2.45, 2.75) is 13.8 Å². The molecule has 0 aliphatic carbocycles. The van der Waals surface area contributed by atoms with Gasteiger partial charge in [0.25, 0.3) is 0 Å². The SMILES string of the molecule is Cc1ccc(I)cc1C(=O)O.Cc1ccc(I)cc1C(=O)c1ccc(-c2ccc(F)cc2)s1.Fc1ccc(-c2cccs2)cc1. The van der Waals surface area contributed by atoms with Crippen LogP contribution in [-0.2, 0) is 0 Å². The van der Waals surface area contributed by atoms with Crippen molar-refractivity contribution < 1.29 is 23.5 Å². The Morgan fingerprint density at radius 1 is 0.644 bits per heavy atom. The molecule has 3 nitrogen and oxygen atoms in total. The second-order valence-electron chi connectivity index (χ2n) is 9.71. The van der Waals surface area contributed by atoms with Gasteiger partial charge in [0, 0.05) is 22.5 Å². The molecule has 0 amide bonds. The van der Waals surface area contributed by atoms with Crippen LogP contribution in [-0.4, -0.2) is 16.9 Å². The fraction of sp³-hybridized carbons (Fsp3) is 0.0556. The number of halogens is 4. The first-order valence-electron chi connectivity index (χ1n) is 13.5. The van der Waals surface area contributed by atoms with Gasteiger partial charge in [-0.05, 0) is 153 Å². The first-order chi connectivity index (χ1) is 21.5. The molecule has 6 aromatic rings. The van der Waals surface area contributed by atoms with E-state index in [-0.39, 0.29) is 17.4 Å². The molecule has 0 unspecified atom stereocenters. The monoisotopic (exact) mass is 862 g/mol. The van der Waals surface area contributed by atoms with Crippen LogP contribution in [0.15, 0.2) is 115 Å². The second kappa shape index (κ2) is 16.3. The van der Waals surface area contributed by atoms with E-state index in [0.717, 1.165) is 39.8 Å². The summed E-state index contributed by atoms with van der Waals surface area (Å²) in [6.07, 6.45) is 0. The number of carbonyl (C=O) groups excluding carboxylic acids is 1. The summed E-state index contributed by atoms with van der Waals surface area (Å²) in [4.78, 5) is 26.1. The van der Waals surface area contributed by atoms with Crippen LogP contribution < -0.4 is 0 Å². The van der Waals surface area contributed by atoms with Crippen molar-refractivity contribution in [3.05, 3.63) is 160 Å². The molecule has 6 rings (SSSR count). The average Bonchev–Trinajstić information content (AvgIpc) is 3.74. The summed E-state index contributed by atoms with van der Waals surface area (Å²) < 4.78 is 27.5. The second-order valence-corrected chi connectivity index (χ2v) is 14.2. The lowest BCUT2D eigenvalue weighted by Crippen LogP contribution is -2.01. The van der Waals surface area contributed by atoms with Crippen LogP contribution in [0.25, 0.3) is 20.9 Å². The fourth-order valence-corrected chi connectivity index (χ4v) is 6.76. The van der Waals surface area contributed by atoms with Gasteiger partial charge >= 0.3 is 5.97 Å². The van der Waals surface area contributed by atoms with E-state index in [1.807, 2.05) is 66.9 Å². The third-order valence-electron chi connectivity index (χ3n) is 6.48. The molecule has 0 bridgehead atoms. The van der Waals surface area contributed by atoms with Crippen LogP contribution in [0.4, 0.5) is 8.78 Å². The Labute approximate surface area is 295 Å². The van der Waals surface area contributed by atoms with Crippen LogP contribution in [0.3, 0.4) is 0 Å². The van der Waals surface area contributed by atoms with Gasteiger partial charge in [0.2, 0.25) is 5.78 Å². The van der Waals surface area contributed by atoms with Gasteiger partial charge in [-0.15, -0.1) is 22.7 Å². The number of hydrogen-bond donors (Lipinski definition) is 1. The Hall–Kier alpha value is -3.26. The molecule has 4 aromatic carbocycles. The number of carbonyl (C=O) groups is 2. The highest BCUT2D eigenvalue weighted by atomic mass is 127. The van der Waals surface area contributed by atoms with Crippen molar-refractivity contribution >= 4 is 79.6 Å². The Morgan fingerprint density at radius 2 is 1.16 bits per heavy atom. The average molecular weight is 863 g/mol. The quantitative estimate of drug-likeness (QED) is 0.139. The standard InChI is InChI=1S/C18H12FIOS.C10H7FS.C8H7IO2/c1-11-2-7-14(20)10-15(11)18(21)17-9-8-16(22-17)12-3-5-13(19)6-4-12;11-9-5-3-8(4-6-9)10-2-1-7-12-10;1-5-2-3-6(9)4-7(5)8(10)11/h2-10H,1H3;1-7H;2-4H,1H3,(H,10,11). The van der Waals surface area contributed by atoms with Crippen LogP contribution >= 0.6 is 67.9 Å². The molecule has 2 aromatic heterocycles. The lowest BCUT2D eigenvalue weighted by molar-refractivity contribution is 0.0695. The highest BCUT2D eigenvalue weighted by Gasteiger charge is 2.15. The lowest BCUT2D eigenvalue weighted by Gasteiger charge is -2.04. The van der Waals surface area contributed by atoms with E-state index in [1.54, 1.807) is 48.6 Å². The van der Waals surface area contributed by atoms with Crippen molar-refractivity contribution in [1.82, 2.24) is 0 Å². The summed E-state index contributed by atoms with van der Waals surface area (Å²) in [5.41, 5.74) is 4.90. The molecular formula is C36H26F2I2O3S2. The molecule has 2 heterocycles. The molecule has 9 heteroatoms. The van der Waals surface area contributed by atoms with Gasteiger partial charge in [0.15, 0.2) is 0 Å². The number of hydrogen-bond acceptors (Lipinski definition) is 4. The van der Waals surface area contributed by atoms with Gasteiger partial charge in [-0.1, -0.05) is 42.5 Å². The minimum Gasteiger partial charge on any atom is -0.478 e. The van der Waals surface area contributed by atoms with Crippen LogP contribution in [0.5, 0.6) is 0 Å². The van der Waals surface area contributed by atoms with Crippen molar-refractivity contribution in [3.63, 3.8) is 0 Å². The van der Waals surface area contributed by atoms with Gasteiger partial charge in [0.05, 0.1) is 10.4 Å². The summed E-state index contributed by atoms with van der Waals surface area (Å²) in [5.74, 6) is -1.27. The topological polar surface area (TPSA) is 54.4 Å². The van der Waals surface area contributed by atoms with E-state index in [0.29, 0.717) is 10.4 Å². The first-order valence-corrected chi connectivity index (χ1v) is 17.3. The molecule has 228 valence electrons. The predicted molar refractivity (Wildman–Crippen MR) is 198 cm³/mol. The molecule has 0 saturated carbocycles. The highest BCUT2D eigenvalue weighted by molar-refractivity contribution is 14.1. The lowest BCUT2D eigenvalue weighted by atomic mass is 10.0. The fourth-order valence-electron chi connectivity index (χ4n) is 4.08. The van der Waals surface area contributed by atoms with Crippen molar-refractivity contribution in [3.8, 4) is 20.9 Å². The molecule has 0 radical (unpaired) electrons. The van der Waals surface area contributed by atoms with Crippen LogP contribution in [0, 0.1) is 32.6 Å². The zero-order chi connectivity index (χ0) is 32.5.